The van der Waals surface area contributed by atoms with E-state index in [0.29, 0.717) is 5.95 Å². The molecule has 8 rings (SSSR count). The van der Waals surface area contributed by atoms with Gasteiger partial charge in [0, 0.05) is 27.3 Å². The molecule has 2 aromatic heterocycles. The number of aryl methyl sites for hydroxylation is 1. The van der Waals surface area contributed by atoms with Crippen LogP contribution in [0.1, 0.15) is 25.0 Å². The summed E-state index contributed by atoms with van der Waals surface area (Å²) in [5, 5.41) is 7.39. The number of benzene rings is 6. The second-order valence-corrected chi connectivity index (χ2v) is 11.2. The van der Waals surface area contributed by atoms with E-state index in [1.54, 1.807) is 0 Å². The van der Waals surface area contributed by atoms with Gasteiger partial charge in [0.15, 0.2) is 0 Å². The molecular weight excluding hydrogens is 534 g/mol. The van der Waals surface area contributed by atoms with Crippen LogP contribution in [0.3, 0.4) is 0 Å². The molecule has 0 fully saturated rings. The Bertz CT molecular complexity index is 2310. The number of allylic oxidation sites excluding steroid dienone is 1. The highest BCUT2D eigenvalue weighted by atomic mass is 15.2. The molecular formula is C41H31N3. The molecule has 0 N–H and O–H groups in total. The Kier molecular flexibility index (Phi) is 6.31. The average Bonchev–Trinajstić information content (AvgIpc) is 3.45. The quantitative estimate of drug-likeness (QED) is 0.194. The zero-order valence-corrected chi connectivity index (χ0v) is 24.8. The van der Waals surface area contributed by atoms with Crippen molar-refractivity contribution in [2.45, 2.75) is 20.3 Å². The number of aromatic nitrogens is 3. The zero-order valence-electron chi connectivity index (χ0n) is 24.8. The van der Waals surface area contributed by atoms with Crippen molar-refractivity contribution in [3.05, 3.63) is 145 Å². The molecule has 0 bridgehead atoms. The van der Waals surface area contributed by atoms with E-state index in [0.717, 1.165) is 34.5 Å². The normalized spacial score (nSPS) is 11.9. The van der Waals surface area contributed by atoms with Crippen molar-refractivity contribution in [3.8, 4) is 28.5 Å². The highest BCUT2D eigenvalue weighted by molar-refractivity contribution is 6.32. The summed E-state index contributed by atoms with van der Waals surface area (Å²) >= 11 is 0. The van der Waals surface area contributed by atoms with Crippen LogP contribution in [0.5, 0.6) is 0 Å². The van der Waals surface area contributed by atoms with Crippen LogP contribution in [0.15, 0.2) is 133 Å². The molecule has 0 aliphatic carbocycles. The van der Waals surface area contributed by atoms with E-state index in [9.17, 15) is 0 Å². The summed E-state index contributed by atoms with van der Waals surface area (Å²) in [4.78, 5) is 10.7. The van der Waals surface area contributed by atoms with Gasteiger partial charge in [-0.2, -0.15) is 0 Å². The first-order valence-corrected chi connectivity index (χ1v) is 15.3. The first kappa shape index (κ1) is 26.1. The number of hydrogen-bond donors (Lipinski definition) is 0. The second kappa shape index (κ2) is 10.6. The molecule has 8 aromatic rings. The maximum Gasteiger partial charge on any atom is 0.235 e. The molecule has 0 radical (unpaired) electrons. The molecule has 0 aliphatic rings. The first-order valence-electron chi connectivity index (χ1n) is 15.3. The summed E-state index contributed by atoms with van der Waals surface area (Å²) in [5.74, 6) is 0.679. The fourth-order valence-corrected chi connectivity index (χ4v) is 6.80. The van der Waals surface area contributed by atoms with E-state index in [1.165, 1.54) is 49.0 Å². The van der Waals surface area contributed by atoms with Gasteiger partial charge in [0.25, 0.3) is 0 Å². The minimum atomic E-state index is 0.679. The van der Waals surface area contributed by atoms with Gasteiger partial charge >= 0.3 is 0 Å². The van der Waals surface area contributed by atoms with Crippen LogP contribution in [-0.2, 0) is 6.42 Å². The van der Waals surface area contributed by atoms with Crippen LogP contribution in [-0.4, -0.2) is 14.5 Å². The number of nitrogens with zero attached hydrogens (tertiary/aromatic N) is 3. The molecule has 0 amide bonds. The summed E-state index contributed by atoms with van der Waals surface area (Å²) in [6.07, 6.45) is 5.22. The van der Waals surface area contributed by atoms with Crippen molar-refractivity contribution >= 4 is 49.4 Å². The van der Waals surface area contributed by atoms with Gasteiger partial charge in [0.1, 0.15) is 0 Å². The van der Waals surface area contributed by atoms with Crippen molar-refractivity contribution < 1.29 is 0 Å². The standard InChI is InChI=1S/C41H31N3/c1-3-15-27-24-25-35-38-33-22-13-11-20-31(33)32-21-12-14-23-34(32)40(38)44(39(35)30(27)4-2)41-42-36(28-16-7-5-8-17-28)26-37(43-41)29-18-9-6-10-19-29/h3,5-26H,4H2,1-2H3/b15-3-. The van der Waals surface area contributed by atoms with Crippen molar-refractivity contribution in [1.82, 2.24) is 14.5 Å². The number of fused-ring (bicyclic) bond motifs is 8. The molecule has 44 heavy (non-hydrogen) atoms. The molecule has 3 heteroatoms. The average molecular weight is 566 g/mol. The third-order valence-corrected chi connectivity index (χ3v) is 8.69. The third kappa shape index (κ3) is 4.05. The summed E-state index contributed by atoms with van der Waals surface area (Å²) in [6, 6.07) is 45.1. The molecule has 3 nitrogen and oxygen atoms in total. The van der Waals surface area contributed by atoms with Crippen LogP contribution in [0.25, 0.3) is 77.9 Å². The zero-order chi connectivity index (χ0) is 29.6. The largest absolute Gasteiger partial charge is 0.277 e. The third-order valence-electron chi connectivity index (χ3n) is 8.69. The lowest BCUT2D eigenvalue weighted by atomic mass is 9.95. The van der Waals surface area contributed by atoms with E-state index in [-0.39, 0.29) is 0 Å². The Morgan fingerprint density at radius 3 is 1.70 bits per heavy atom. The van der Waals surface area contributed by atoms with E-state index in [4.69, 9.17) is 9.97 Å². The maximum absolute atomic E-state index is 5.34. The number of rotatable bonds is 5. The molecule has 0 atom stereocenters. The molecule has 2 heterocycles. The van der Waals surface area contributed by atoms with Gasteiger partial charge in [0.2, 0.25) is 5.95 Å². The Labute approximate surface area is 256 Å². The molecule has 6 aromatic carbocycles. The Morgan fingerprint density at radius 2 is 1.11 bits per heavy atom. The van der Waals surface area contributed by atoms with Gasteiger partial charge in [-0.15, -0.1) is 0 Å². The molecule has 0 saturated heterocycles. The van der Waals surface area contributed by atoms with Gasteiger partial charge in [-0.05, 0) is 46.7 Å². The predicted molar refractivity (Wildman–Crippen MR) is 186 cm³/mol. The summed E-state index contributed by atoms with van der Waals surface area (Å²) in [7, 11) is 0. The molecule has 0 aliphatic heterocycles. The van der Waals surface area contributed by atoms with Crippen molar-refractivity contribution in [3.63, 3.8) is 0 Å². The molecule has 0 unspecified atom stereocenters. The fraction of sp³-hybridized carbons (Fsp3) is 0.0732. The molecule has 0 saturated carbocycles. The van der Waals surface area contributed by atoms with E-state index in [2.05, 4.69) is 146 Å². The molecule has 0 spiro atoms. The Morgan fingerprint density at radius 1 is 0.568 bits per heavy atom. The highest BCUT2D eigenvalue weighted by Gasteiger charge is 2.23. The SMILES string of the molecule is C/C=C\c1ccc2c3c4ccccc4c4ccccc4c3n(-c3nc(-c4ccccc4)cc(-c4ccccc4)n3)c2c1CC. The van der Waals surface area contributed by atoms with Crippen LogP contribution < -0.4 is 0 Å². The van der Waals surface area contributed by atoms with Gasteiger partial charge in [-0.1, -0.05) is 140 Å². The van der Waals surface area contributed by atoms with Gasteiger partial charge in [-0.3, -0.25) is 4.57 Å². The fourth-order valence-electron chi connectivity index (χ4n) is 6.80. The Hall–Kier alpha value is -5.54. The number of hydrogen-bond acceptors (Lipinski definition) is 2. The van der Waals surface area contributed by atoms with Gasteiger partial charge < -0.3 is 0 Å². The Balaban J connectivity index is 1.62. The van der Waals surface area contributed by atoms with E-state index < -0.39 is 0 Å². The highest BCUT2D eigenvalue weighted by Crippen LogP contribution is 2.44. The topological polar surface area (TPSA) is 30.7 Å². The van der Waals surface area contributed by atoms with E-state index >= 15 is 0 Å². The van der Waals surface area contributed by atoms with Crippen molar-refractivity contribution in [2.75, 3.05) is 0 Å². The second-order valence-electron chi connectivity index (χ2n) is 11.2. The monoisotopic (exact) mass is 565 g/mol. The van der Waals surface area contributed by atoms with Gasteiger partial charge in [0.05, 0.1) is 22.4 Å². The van der Waals surface area contributed by atoms with Gasteiger partial charge in [-0.25, -0.2) is 9.97 Å². The first-order chi connectivity index (χ1) is 21.8. The van der Waals surface area contributed by atoms with Crippen LogP contribution in [0, 0.1) is 0 Å². The predicted octanol–water partition coefficient (Wildman–Crippen LogP) is 10.8. The van der Waals surface area contributed by atoms with Crippen LogP contribution in [0.2, 0.25) is 0 Å². The van der Waals surface area contributed by atoms with Crippen molar-refractivity contribution in [1.29, 1.82) is 0 Å². The minimum absolute atomic E-state index is 0.679. The summed E-state index contributed by atoms with van der Waals surface area (Å²) < 4.78 is 2.35. The van der Waals surface area contributed by atoms with Crippen molar-refractivity contribution in [2.24, 2.45) is 0 Å². The van der Waals surface area contributed by atoms with E-state index in [1.807, 2.05) is 12.1 Å². The maximum atomic E-state index is 5.34. The smallest absolute Gasteiger partial charge is 0.235 e. The molecule has 210 valence electrons. The van der Waals surface area contributed by atoms with Crippen LogP contribution >= 0.6 is 0 Å². The lowest BCUT2D eigenvalue weighted by Gasteiger charge is -2.15. The summed E-state index contributed by atoms with van der Waals surface area (Å²) in [6.45, 7) is 4.33. The lowest BCUT2D eigenvalue weighted by molar-refractivity contribution is 0.986. The van der Waals surface area contributed by atoms with Crippen LogP contribution in [0.4, 0.5) is 0 Å². The minimum Gasteiger partial charge on any atom is -0.277 e. The summed E-state index contributed by atoms with van der Waals surface area (Å²) in [5.41, 5.74) is 8.76. The lowest BCUT2D eigenvalue weighted by Crippen LogP contribution is -2.06.